The van der Waals surface area contributed by atoms with Crippen LogP contribution in [0.1, 0.15) is 59.8 Å². The van der Waals surface area contributed by atoms with Crippen LogP contribution in [0.4, 0.5) is 30.7 Å². The van der Waals surface area contributed by atoms with Gasteiger partial charge >= 0.3 is 12.4 Å². The van der Waals surface area contributed by atoms with Gasteiger partial charge in [-0.25, -0.2) is 24.3 Å². The average Bonchev–Trinajstić information content (AvgIpc) is 3.96. The van der Waals surface area contributed by atoms with Gasteiger partial charge in [0.2, 0.25) is 11.8 Å². The zero-order valence-corrected chi connectivity index (χ0v) is 32.6. The molecule has 0 saturated heterocycles. The number of aromatic nitrogens is 10. The molecule has 0 N–H and O–H groups in total. The fourth-order valence-electron chi connectivity index (χ4n) is 5.96. The number of likely N-dealkylation sites (N-methyl/N-ethyl adjacent to an activating group) is 2. The number of amides is 2. The molecule has 16 nitrogen and oxygen atoms in total. The molecule has 0 aliphatic carbocycles. The SMILES string of the molecule is CCN(C(=O)c1nc(-c2cnn(-c3cccnc3C(=O)N(CC)[C@@H](C)COc3ncc(C(F)(F)F)cc3F)n2)ccc1-n1nccn1)[C@@H](C)COc1ccc(C(F)(F)F)cn1. The predicted molar refractivity (Wildman–Crippen MR) is 199 cm³/mol. The number of carbonyl (C=O) groups is 2. The van der Waals surface area contributed by atoms with Gasteiger partial charge in [0, 0.05) is 37.7 Å². The van der Waals surface area contributed by atoms with Crippen molar-refractivity contribution in [3.8, 4) is 34.5 Å². The molecule has 0 aliphatic heterocycles. The van der Waals surface area contributed by atoms with Gasteiger partial charge in [-0.1, -0.05) is 0 Å². The standard InChI is InChI=1S/C38H35F7N12O4/c1-5-54(23(4)21-61-34-26(39)16-25(18-48-34)38(43,44)45)35(58)32-29(8-7-13-46-32)57-51-19-28(53-57)27-10-11-30(56-49-14-15-50-56)33(52-27)36(59)55(6-2)22(3)20-60-31-12-9-24(17-47-31)37(40,41)42/h7-19,22-23H,5-6,20-21H2,1-4H3/t22-,23-/m0/s1. The molecule has 6 aromatic rings. The number of alkyl halides is 6. The lowest BCUT2D eigenvalue weighted by atomic mass is 10.2. The van der Waals surface area contributed by atoms with Gasteiger partial charge in [0.25, 0.3) is 11.8 Å². The first kappa shape index (κ1) is 43.5. The molecule has 0 fully saturated rings. The van der Waals surface area contributed by atoms with Crippen molar-refractivity contribution in [1.82, 2.24) is 59.7 Å². The summed E-state index contributed by atoms with van der Waals surface area (Å²) >= 11 is 0. The lowest BCUT2D eigenvalue weighted by Gasteiger charge is -2.28. The van der Waals surface area contributed by atoms with E-state index in [0.717, 1.165) is 16.9 Å². The lowest BCUT2D eigenvalue weighted by Crippen LogP contribution is -2.42. The first-order chi connectivity index (χ1) is 29.0. The highest BCUT2D eigenvalue weighted by Gasteiger charge is 2.33. The van der Waals surface area contributed by atoms with Crippen LogP contribution < -0.4 is 9.47 Å². The van der Waals surface area contributed by atoms with Gasteiger partial charge in [-0.15, -0.1) is 14.7 Å². The van der Waals surface area contributed by atoms with Crippen LogP contribution in [0, 0.1) is 5.82 Å². The Kier molecular flexibility index (Phi) is 12.9. The maximum absolute atomic E-state index is 14.4. The van der Waals surface area contributed by atoms with E-state index in [4.69, 9.17) is 9.47 Å². The third-order valence-corrected chi connectivity index (χ3v) is 9.07. The minimum absolute atomic E-state index is 0.0664. The Hall–Kier alpha value is -7.07. The Morgan fingerprint density at radius 2 is 1.31 bits per heavy atom. The van der Waals surface area contributed by atoms with Crippen molar-refractivity contribution in [3.05, 3.63) is 108 Å². The summed E-state index contributed by atoms with van der Waals surface area (Å²) in [5.74, 6) is -3.20. The summed E-state index contributed by atoms with van der Waals surface area (Å²) in [5.41, 5.74) is -1.62. The molecule has 0 radical (unpaired) electrons. The van der Waals surface area contributed by atoms with Crippen molar-refractivity contribution in [2.75, 3.05) is 26.3 Å². The summed E-state index contributed by atoms with van der Waals surface area (Å²) < 4.78 is 103. The van der Waals surface area contributed by atoms with Crippen molar-refractivity contribution >= 4 is 11.8 Å². The largest absolute Gasteiger partial charge is 0.475 e. The van der Waals surface area contributed by atoms with Crippen molar-refractivity contribution in [3.63, 3.8) is 0 Å². The van der Waals surface area contributed by atoms with Crippen molar-refractivity contribution < 1.29 is 49.8 Å². The van der Waals surface area contributed by atoms with Crippen LogP contribution in [-0.4, -0.2) is 110 Å². The predicted octanol–water partition coefficient (Wildman–Crippen LogP) is 6.13. The molecule has 320 valence electrons. The van der Waals surface area contributed by atoms with Gasteiger partial charge in [-0.3, -0.25) is 9.59 Å². The summed E-state index contributed by atoms with van der Waals surface area (Å²) in [6.45, 7) is 6.54. The molecule has 61 heavy (non-hydrogen) atoms. The minimum Gasteiger partial charge on any atom is -0.475 e. The van der Waals surface area contributed by atoms with Crippen LogP contribution in [0.15, 0.2) is 79.6 Å². The molecule has 6 rings (SSSR count). The summed E-state index contributed by atoms with van der Waals surface area (Å²) in [6.07, 6.45) is -2.70. The quantitative estimate of drug-likeness (QED) is 0.108. The molecule has 6 heterocycles. The highest BCUT2D eigenvalue weighted by atomic mass is 19.4. The maximum atomic E-state index is 14.4. The number of halogens is 7. The van der Waals surface area contributed by atoms with Crippen LogP contribution in [0.3, 0.4) is 0 Å². The molecule has 6 aromatic heterocycles. The zero-order chi connectivity index (χ0) is 44.1. The second kappa shape index (κ2) is 18.0. The van der Waals surface area contributed by atoms with Crippen LogP contribution in [-0.2, 0) is 12.4 Å². The van der Waals surface area contributed by atoms with Gasteiger partial charge in [0.05, 0.1) is 47.5 Å². The summed E-state index contributed by atoms with van der Waals surface area (Å²) in [4.78, 5) is 49.3. The van der Waals surface area contributed by atoms with Gasteiger partial charge in [0.15, 0.2) is 17.2 Å². The maximum Gasteiger partial charge on any atom is 0.417 e. The number of pyridine rings is 4. The van der Waals surface area contributed by atoms with E-state index in [1.807, 2.05) is 0 Å². The van der Waals surface area contributed by atoms with Gasteiger partial charge in [-0.05, 0) is 64.1 Å². The monoisotopic (exact) mass is 856 g/mol. The molecule has 0 aromatic carbocycles. The molecule has 0 bridgehead atoms. The minimum atomic E-state index is -4.80. The number of nitrogens with zero attached hydrogens (tertiary/aromatic N) is 12. The smallest absolute Gasteiger partial charge is 0.417 e. The fraction of sp³-hybridized carbons (Fsp3) is 0.316. The fourth-order valence-corrected chi connectivity index (χ4v) is 5.96. The van der Waals surface area contributed by atoms with Crippen LogP contribution in [0.5, 0.6) is 11.8 Å². The number of carbonyl (C=O) groups excluding carboxylic acids is 2. The number of ether oxygens (including phenoxy) is 2. The Bertz CT molecular complexity index is 2460. The molecule has 23 heteroatoms. The van der Waals surface area contributed by atoms with Crippen LogP contribution >= 0.6 is 0 Å². The summed E-state index contributed by atoms with van der Waals surface area (Å²) in [7, 11) is 0. The average molecular weight is 857 g/mol. The number of rotatable bonds is 15. The van der Waals surface area contributed by atoms with E-state index in [1.54, 1.807) is 45.9 Å². The molecule has 2 atom stereocenters. The Labute approximate surface area is 342 Å². The molecule has 2 amide bonds. The third kappa shape index (κ3) is 9.87. The van der Waals surface area contributed by atoms with Gasteiger partial charge in [-0.2, -0.15) is 41.6 Å². The van der Waals surface area contributed by atoms with Crippen molar-refractivity contribution in [2.45, 2.75) is 52.1 Å². The van der Waals surface area contributed by atoms with Gasteiger partial charge in [0.1, 0.15) is 30.3 Å². The van der Waals surface area contributed by atoms with E-state index < -0.39 is 59.1 Å². The molecular weight excluding hydrogens is 821 g/mol. The summed E-state index contributed by atoms with van der Waals surface area (Å²) in [6, 6.07) is 7.06. The van der Waals surface area contributed by atoms with Crippen LogP contribution in [0.2, 0.25) is 0 Å². The molecule has 0 spiro atoms. The number of hydrogen-bond donors (Lipinski definition) is 0. The topological polar surface area (TPSA) is 172 Å². The van der Waals surface area contributed by atoms with E-state index in [2.05, 4.69) is 40.3 Å². The molecular formula is C38H35F7N12O4. The lowest BCUT2D eigenvalue weighted by molar-refractivity contribution is -0.138. The normalized spacial score (nSPS) is 12.8. The van der Waals surface area contributed by atoms with E-state index in [0.29, 0.717) is 12.4 Å². The highest BCUT2D eigenvalue weighted by Crippen LogP contribution is 2.31. The highest BCUT2D eigenvalue weighted by molar-refractivity contribution is 5.97. The Morgan fingerprint density at radius 3 is 1.92 bits per heavy atom. The second-order valence-corrected chi connectivity index (χ2v) is 13.2. The molecule has 0 aliphatic rings. The first-order valence-corrected chi connectivity index (χ1v) is 18.4. The Balaban J connectivity index is 1.22. The van der Waals surface area contributed by atoms with Crippen molar-refractivity contribution in [1.29, 1.82) is 0 Å². The Morgan fingerprint density at radius 1 is 0.689 bits per heavy atom. The third-order valence-electron chi connectivity index (χ3n) is 9.07. The zero-order valence-electron chi connectivity index (χ0n) is 32.6. The van der Waals surface area contributed by atoms with E-state index >= 15 is 0 Å². The molecule has 0 saturated carbocycles. The first-order valence-electron chi connectivity index (χ1n) is 18.4. The van der Waals surface area contributed by atoms with Gasteiger partial charge < -0.3 is 19.3 Å². The second-order valence-electron chi connectivity index (χ2n) is 13.2. The molecule has 0 unspecified atom stereocenters. The summed E-state index contributed by atoms with van der Waals surface area (Å²) in [5, 5.41) is 17.2. The van der Waals surface area contributed by atoms with E-state index in [1.165, 1.54) is 45.5 Å². The van der Waals surface area contributed by atoms with Crippen molar-refractivity contribution in [2.24, 2.45) is 0 Å². The van der Waals surface area contributed by atoms with E-state index in [9.17, 15) is 40.3 Å². The number of hydrogen-bond acceptors (Lipinski definition) is 12. The van der Waals surface area contributed by atoms with Crippen LogP contribution in [0.25, 0.3) is 22.8 Å². The van der Waals surface area contributed by atoms with E-state index in [-0.39, 0.29) is 72.4 Å².